The summed E-state index contributed by atoms with van der Waals surface area (Å²) < 4.78 is 1.06. The summed E-state index contributed by atoms with van der Waals surface area (Å²) in [6.07, 6.45) is 0. The average molecular weight is 315 g/mol. The van der Waals surface area contributed by atoms with Crippen LogP contribution in [0, 0.1) is 0 Å². The van der Waals surface area contributed by atoms with Gasteiger partial charge in [-0.2, -0.15) is 0 Å². The Kier molecular flexibility index (Phi) is 4.78. The van der Waals surface area contributed by atoms with Crippen molar-refractivity contribution in [3.63, 3.8) is 0 Å². The van der Waals surface area contributed by atoms with Gasteiger partial charge >= 0.3 is 0 Å². The predicted octanol–water partition coefficient (Wildman–Crippen LogP) is 2.80. The molecule has 2 aromatic rings. The Labute approximate surface area is 114 Å². The van der Waals surface area contributed by atoms with Gasteiger partial charge in [0.2, 0.25) is 0 Å². The summed E-state index contributed by atoms with van der Waals surface area (Å²) in [6.45, 7) is 0.502. The second-order valence-corrected chi connectivity index (χ2v) is 4.35. The van der Waals surface area contributed by atoms with E-state index in [2.05, 4.69) is 33.1 Å². The molecule has 0 aliphatic rings. The molecule has 0 unspecified atom stereocenters. The first-order chi connectivity index (χ1) is 7.68. The lowest BCUT2D eigenvalue weighted by atomic mass is 10.0. The van der Waals surface area contributed by atoms with Crippen LogP contribution in [0.2, 0.25) is 0 Å². The summed E-state index contributed by atoms with van der Waals surface area (Å²) in [6, 6.07) is 12.2. The highest BCUT2D eigenvalue weighted by Gasteiger charge is 2.03. The van der Waals surface area contributed by atoms with Gasteiger partial charge in [0, 0.05) is 9.86 Å². The summed E-state index contributed by atoms with van der Waals surface area (Å²) >= 11 is 3.54. The van der Waals surface area contributed by atoms with Gasteiger partial charge in [-0.1, -0.05) is 46.3 Å². The van der Waals surface area contributed by atoms with Crippen molar-refractivity contribution in [2.24, 2.45) is 16.5 Å². The number of aliphatic imine (C=N–C) groups is 1. The second-order valence-electron chi connectivity index (χ2n) is 3.50. The van der Waals surface area contributed by atoms with E-state index in [0.717, 1.165) is 15.4 Å². The summed E-state index contributed by atoms with van der Waals surface area (Å²) in [7, 11) is 0. The Balaban J connectivity index is 0.00000144. The van der Waals surface area contributed by atoms with Crippen molar-refractivity contribution in [1.82, 2.24) is 0 Å². The first kappa shape index (κ1) is 13.8. The van der Waals surface area contributed by atoms with Crippen LogP contribution in [0.5, 0.6) is 0 Å². The molecule has 0 atom stereocenters. The van der Waals surface area contributed by atoms with E-state index in [0.29, 0.717) is 6.54 Å². The maximum Gasteiger partial charge on any atom is 0.186 e. The van der Waals surface area contributed by atoms with Crippen molar-refractivity contribution < 1.29 is 0 Å². The zero-order valence-corrected chi connectivity index (χ0v) is 11.5. The molecule has 4 N–H and O–H groups in total. The fourth-order valence-electron chi connectivity index (χ4n) is 1.68. The van der Waals surface area contributed by atoms with Gasteiger partial charge in [-0.3, -0.25) is 0 Å². The smallest absolute Gasteiger partial charge is 0.186 e. The lowest BCUT2D eigenvalue weighted by Crippen LogP contribution is -2.22. The summed E-state index contributed by atoms with van der Waals surface area (Å²) in [5.41, 5.74) is 11.8. The SMILES string of the molecule is Cl.NC(N)=NCc1cccc2cccc(Br)c12. The molecule has 0 saturated heterocycles. The van der Waals surface area contributed by atoms with Crippen molar-refractivity contribution in [2.45, 2.75) is 6.54 Å². The summed E-state index contributed by atoms with van der Waals surface area (Å²) in [5, 5.41) is 2.34. The van der Waals surface area contributed by atoms with E-state index in [1.807, 2.05) is 24.3 Å². The highest BCUT2D eigenvalue weighted by atomic mass is 79.9. The summed E-state index contributed by atoms with van der Waals surface area (Å²) in [5.74, 6) is 0.115. The van der Waals surface area contributed by atoms with Crippen LogP contribution in [0.1, 0.15) is 5.56 Å². The standard InChI is InChI=1S/C12H12BrN3.ClH/c13-10-6-2-4-8-3-1-5-9(11(8)10)7-16-12(14)15;/h1-6H,7H2,(H4,14,15,16);1H. The normalized spacial score (nSPS) is 9.71. The van der Waals surface area contributed by atoms with Crippen LogP contribution < -0.4 is 11.5 Å². The van der Waals surface area contributed by atoms with Crippen LogP contribution in [0.25, 0.3) is 10.8 Å². The third-order valence-electron chi connectivity index (χ3n) is 2.37. The van der Waals surface area contributed by atoms with Gasteiger partial charge in [-0.05, 0) is 17.0 Å². The van der Waals surface area contributed by atoms with E-state index in [9.17, 15) is 0 Å². The van der Waals surface area contributed by atoms with Crippen molar-refractivity contribution in [3.8, 4) is 0 Å². The lowest BCUT2D eigenvalue weighted by molar-refractivity contribution is 1.07. The number of benzene rings is 2. The number of nitrogens with zero attached hydrogens (tertiary/aromatic N) is 1. The highest BCUT2D eigenvalue weighted by molar-refractivity contribution is 9.10. The van der Waals surface area contributed by atoms with E-state index < -0.39 is 0 Å². The van der Waals surface area contributed by atoms with Gasteiger partial charge in [-0.25, -0.2) is 4.99 Å². The van der Waals surface area contributed by atoms with Crippen LogP contribution >= 0.6 is 28.3 Å². The van der Waals surface area contributed by atoms with Gasteiger partial charge < -0.3 is 11.5 Å². The van der Waals surface area contributed by atoms with E-state index >= 15 is 0 Å². The van der Waals surface area contributed by atoms with Crippen LogP contribution in [0.4, 0.5) is 0 Å². The molecule has 90 valence electrons. The Bertz CT molecular complexity index is 545. The Morgan fingerprint density at radius 2 is 1.76 bits per heavy atom. The molecule has 0 bridgehead atoms. The van der Waals surface area contributed by atoms with Crippen LogP contribution in [-0.2, 0) is 6.54 Å². The third-order valence-corrected chi connectivity index (χ3v) is 3.03. The Morgan fingerprint density at radius 1 is 1.12 bits per heavy atom. The topological polar surface area (TPSA) is 64.4 Å². The molecule has 5 heteroatoms. The fourth-order valence-corrected chi connectivity index (χ4v) is 2.31. The third kappa shape index (κ3) is 3.11. The molecule has 2 rings (SSSR count). The van der Waals surface area contributed by atoms with E-state index in [-0.39, 0.29) is 18.4 Å². The van der Waals surface area contributed by atoms with E-state index in [1.165, 1.54) is 5.39 Å². The maximum atomic E-state index is 5.34. The molecule has 0 saturated carbocycles. The molecule has 2 aromatic carbocycles. The zero-order valence-electron chi connectivity index (χ0n) is 9.06. The number of nitrogens with two attached hydrogens (primary N) is 2. The molecule has 3 nitrogen and oxygen atoms in total. The van der Waals surface area contributed by atoms with Gasteiger partial charge in [0.15, 0.2) is 5.96 Å². The number of hydrogen-bond acceptors (Lipinski definition) is 1. The van der Waals surface area contributed by atoms with Crippen LogP contribution in [0.3, 0.4) is 0 Å². The first-order valence-electron chi connectivity index (χ1n) is 4.90. The second kappa shape index (κ2) is 5.89. The quantitative estimate of drug-likeness (QED) is 0.661. The number of rotatable bonds is 2. The van der Waals surface area contributed by atoms with Gasteiger partial charge in [0.05, 0.1) is 6.54 Å². The fraction of sp³-hybridized carbons (Fsp3) is 0.0833. The minimum Gasteiger partial charge on any atom is -0.370 e. The van der Waals surface area contributed by atoms with Crippen molar-refractivity contribution >= 4 is 45.1 Å². The van der Waals surface area contributed by atoms with Crippen LogP contribution in [-0.4, -0.2) is 5.96 Å². The molecule has 0 fully saturated rings. The van der Waals surface area contributed by atoms with E-state index in [4.69, 9.17) is 11.5 Å². The Hall–Kier alpha value is -1.26. The highest BCUT2D eigenvalue weighted by Crippen LogP contribution is 2.27. The Morgan fingerprint density at radius 3 is 2.41 bits per heavy atom. The average Bonchev–Trinajstić information content (AvgIpc) is 2.26. The molecule has 0 aliphatic carbocycles. The van der Waals surface area contributed by atoms with Crippen LogP contribution in [0.15, 0.2) is 45.9 Å². The van der Waals surface area contributed by atoms with Gasteiger partial charge in [-0.15, -0.1) is 12.4 Å². The van der Waals surface area contributed by atoms with Gasteiger partial charge in [0.1, 0.15) is 0 Å². The predicted molar refractivity (Wildman–Crippen MR) is 78.4 cm³/mol. The molecule has 0 amide bonds. The van der Waals surface area contributed by atoms with E-state index in [1.54, 1.807) is 0 Å². The summed E-state index contributed by atoms with van der Waals surface area (Å²) in [4.78, 5) is 4.04. The van der Waals surface area contributed by atoms with Crippen molar-refractivity contribution in [2.75, 3.05) is 0 Å². The maximum absolute atomic E-state index is 5.34. The molecular weight excluding hydrogens is 302 g/mol. The molecule has 0 heterocycles. The largest absolute Gasteiger partial charge is 0.370 e. The lowest BCUT2D eigenvalue weighted by Gasteiger charge is -2.06. The minimum absolute atomic E-state index is 0. The van der Waals surface area contributed by atoms with Crippen molar-refractivity contribution in [3.05, 3.63) is 46.4 Å². The monoisotopic (exact) mass is 313 g/mol. The number of guanidine groups is 1. The molecule has 0 spiro atoms. The molecular formula is C12H13BrClN3. The first-order valence-corrected chi connectivity index (χ1v) is 5.69. The molecule has 0 aromatic heterocycles. The molecule has 0 aliphatic heterocycles. The number of hydrogen-bond donors (Lipinski definition) is 2. The molecule has 17 heavy (non-hydrogen) atoms. The van der Waals surface area contributed by atoms with Gasteiger partial charge in [0.25, 0.3) is 0 Å². The number of halogens is 2. The molecule has 0 radical (unpaired) electrons. The zero-order chi connectivity index (χ0) is 11.5. The minimum atomic E-state index is 0. The van der Waals surface area contributed by atoms with Crippen molar-refractivity contribution in [1.29, 1.82) is 0 Å². The number of fused-ring (bicyclic) bond motifs is 1.